The molecule has 0 aromatic heterocycles. The standard InChI is InChI=1S/C25H23F6N3O2/c1-3-33(4-2)16-5-14(6-16)12-34-20-8-13(11-32)7-17(25(29,30)31)21(20)24(36,23(34)35)22-18(27)9-15(26)10-19(22)28/h7-10,14,16,36H,3-6,12H2,1-2H3/t14-,16-,24?. The number of halogens is 6. The third-order valence-electron chi connectivity index (χ3n) is 7.11. The van der Waals surface area contributed by atoms with E-state index in [0.29, 0.717) is 18.9 Å². The minimum Gasteiger partial charge on any atom is -0.371 e. The highest BCUT2D eigenvalue weighted by atomic mass is 19.4. The topological polar surface area (TPSA) is 67.6 Å². The molecule has 1 unspecified atom stereocenters. The van der Waals surface area contributed by atoms with E-state index in [9.17, 15) is 41.5 Å². The van der Waals surface area contributed by atoms with Gasteiger partial charge in [-0.2, -0.15) is 18.4 Å². The highest BCUT2D eigenvalue weighted by molar-refractivity contribution is 6.10. The highest BCUT2D eigenvalue weighted by Crippen LogP contribution is 2.52. The zero-order chi connectivity index (χ0) is 26.6. The molecule has 4 rings (SSSR count). The van der Waals surface area contributed by atoms with Crippen molar-refractivity contribution in [2.45, 2.75) is 44.5 Å². The molecule has 1 aliphatic carbocycles. The Morgan fingerprint density at radius 3 is 2.17 bits per heavy atom. The van der Waals surface area contributed by atoms with Gasteiger partial charge in [0.1, 0.15) is 17.5 Å². The van der Waals surface area contributed by atoms with Gasteiger partial charge in [0.05, 0.1) is 28.4 Å². The van der Waals surface area contributed by atoms with Gasteiger partial charge in [0, 0.05) is 30.3 Å². The second kappa shape index (κ2) is 9.09. The van der Waals surface area contributed by atoms with Crippen LogP contribution < -0.4 is 4.90 Å². The van der Waals surface area contributed by atoms with E-state index in [4.69, 9.17) is 0 Å². The van der Waals surface area contributed by atoms with E-state index in [0.717, 1.165) is 24.1 Å². The van der Waals surface area contributed by atoms with Crippen LogP contribution in [-0.2, 0) is 16.6 Å². The molecule has 1 saturated carbocycles. The maximum absolute atomic E-state index is 14.8. The van der Waals surface area contributed by atoms with Crippen molar-refractivity contribution in [3.63, 3.8) is 0 Å². The van der Waals surface area contributed by atoms with Crippen LogP contribution >= 0.6 is 0 Å². The molecule has 36 heavy (non-hydrogen) atoms. The molecule has 1 atom stereocenters. The molecule has 1 heterocycles. The van der Waals surface area contributed by atoms with Crippen LogP contribution in [0.1, 0.15) is 48.9 Å². The lowest BCUT2D eigenvalue weighted by atomic mass is 9.78. The van der Waals surface area contributed by atoms with Crippen LogP contribution in [0, 0.1) is 34.7 Å². The van der Waals surface area contributed by atoms with Gasteiger partial charge in [-0.15, -0.1) is 0 Å². The Morgan fingerprint density at radius 1 is 1.08 bits per heavy atom. The summed E-state index contributed by atoms with van der Waals surface area (Å²) in [6.07, 6.45) is -3.93. The summed E-state index contributed by atoms with van der Waals surface area (Å²) in [5, 5.41) is 20.8. The lowest BCUT2D eigenvalue weighted by Gasteiger charge is -2.43. The van der Waals surface area contributed by atoms with Gasteiger partial charge in [-0.1, -0.05) is 13.8 Å². The fraction of sp³-hybridized carbons (Fsp3) is 0.440. The second-order valence-electron chi connectivity index (χ2n) is 9.11. The van der Waals surface area contributed by atoms with Crippen LogP contribution in [0.15, 0.2) is 24.3 Å². The zero-order valence-electron chi connectivity index (χ0n) is 19.5. The van der Waals surface area contributed by atoms with Crippen LogP contribution in [0.2, 0.25) is 0 Å². The fourth-order valence-electron chi connectivity index (χ4n) is 5.37. The predicted molar refractivity (Wildman–Crippen MR) is 117 cm³/mol. The molecule has 192 valence electrons. The van der Waals surface area contributed by atoms with Crippen molar-refractivity contribution in [1.29, 1.82) is 5.26 Å². The molecule has 1 fully saturated rings. The van der Waals surface area contributed by atoms with Crippen LogP contribution in [0.5, 0.6) is 0 Å². The summed E-state index contributed by atoms with van der Waals surface area (Å²) < 4.78 is 85.4. The summed E-state index contributed by atoms with van der Waals surface area (Å²) in [6.45, 7) is 5.45. The van der Waals surface area contributed by atoms with Gasteiger partial charge in [-0.3, -0.25) is 4.79 Å². The number of hydrogen-bond acceptors (Lipinski definition) is 4. The lowest BCUT2D eigenvalue weighted by molar-refractivity contribution is -0.142. The van der Waals surface area contributed by atoms with Crippen molar-refractivity contribution in [3.05, 3.63) is 64.0 Å². The number of benzene rings is 2. The third kappa shape index (κ3) is 4.02. The number of carbonyl (C=O) groups excluding carboxylic acids is 1. The first-order valence-corrected chi connectivity index (χ1v) is 11.5. The maximum atomic E-state index is 14.8. The number of carbonyl (C=O) groups is 1. The summed E-state index contributed by atoms with van der Waals surface area (Å²) in [6, 6.07) is 3.58. The predicted octanol–water partition coefficient (Wildman–Crippen LogP) is 4.70. The molecule has 1 aliphatic heterocycles. The fourth-order valence-corrected chi connectivity index (χ4v) is 5.37. The Balaban J connectivity index is 1.87. The second-order valence-corrected chi connectivity index (χ2v) is 9.11. The summed E-state index contributed by atoms with van der Waals surface area (Å²) in [5.74, 6) is -6.34. The molecule has 2 aromatic rings. The molecule has 0 bridgehead atoms. The molecule has 0 saturated heterocycles. The first-order chi connectivity index (χ1) is 16.9. The molecular weight excluding hydrogens is 488 g/mol. The molecule has 0 spiro atoms. The van der Waals surface area contributed by atoms with Crippen molar-refractivity contribution in [1.82, 2.24) is 4.90 Å². The number of alkyl halides is 3. The van der Waals surface area contributed by atoms with Gasteiger partial charge in [-0.05, 0) is 44.0 Å². The van der Waals surface area contributed by atoms with E-state index in [1.807, 2.05) is 13.8 Å². The smallest absolute Gasteiger partial charge is 0.371 e. The monoisotopic (exact) mass is 511 g/mol. The SMILES string of the molecule is CCN(CC)[C@H]1C[C@H](CN2C(=O)C(O)(c3c(F)cc(F)cc3F)c3c2cc(C#N)cc3C(F)(F)F)C1. The summed E-state index contributed by atoms with van der Waals surface area (Å²) >= 11 is 0. The van der Waals surface area contributed by atoms with Gasteiger partial charge < -0.3 is 14.9 Å². The van der Waals surface area contributed by atoms with E-state index < -0.39 is 63.1 Å². The Hall–Kier alpha value is -3.10. The molecule has 11 heteroatoms. The van der Waals surface area contributed by atoms with Crippen LogP contribution in [-0.4, -0.2) is 41.6 Å². The number of hydrogen-bond donors (Lipinski definition) is 1. The average Bonchev–Trinajstić information content (AvgIpc) is 2.97. The Kier molecular flexibility index (Phi) is 6.56. The van der Waals surface area contributed by atoms with Gasteiger partial charge in [0.2, 0.25) is 5.60 Å². The molecule has 1 amide bonds. The third-order valence-corrected chi connectivity index (χ3v) is 7.11. The number of aliphatic hydroxyl groups is 1. The quantitative estimate of drug-likeness (QED) is 0.572. The number of nitriles is 1. The van der Waals surface area contributed by atoms with Crippen LogP contribution in [0.25, 0.3) is 0 Å². The highest BCUT2D eigenvalue weighted by Gasteiger charge is 2.58. The average molecular weight is 511 g/mol. The number of fused-ring (bicyclic) bond motifs is 1. The van der Waals surface area contributed by atoms with Crippen molar-refractivity contribution >= 4 is 11.6 Å². The minimum atomic E-state index is -5.18. The molecular formula is C25H23F6N3O2. The van der Waals surface area contributed by atoms with Gasteiger partial charge in [0.25, 0.3) is 5.91 Å². The van der Waals surface area contributed by atoms with Crippen molar-refractivity contribution in [2.75, 3.05) is 24.5 Å². The van der Waals surface area contributed by atoms with Gasteiger partial charge in [0.15, 0.2) is 0 Å². The molecule has 2 aliphatic rings. The van der Waals surface area contributed by atoms with E-state index in [2.05, 4.69) is 4.90 Å². The van der Waals surface area contributed by atoms with Crippen molar-refractivity contribution < 1.29 is 36.2 Å². The Morgan fingerprint density at radius 2 is 1.67 bits per heavy atom. The molecule has 5 nitrogen and oxygen atoms in total. The van der Waals surface area contributed by atoms with E-state index >= 15 is 0 Å². The molecule has 1 N–H and O–H groups in total. The summed E-state index contributed by atoms with van der Waals surface area (Å²) in [7, 11) is 0. The normalized spacial score (nSPS) is 23.6. The van der Waals surface area contributed by atoms with Crippen molar-refractivity contribution in [3.8, 4) is 6.07 Å². The number of rotatable bonds is 6. The number of nitrogens with zero attached hydrogens (tertiary/aromatic N) is 3. The van der Waals surface area contributed by atoms with E-state index in [1.165, 1.54) is 0 Å². The minimum absolute atomic E-state index is 0.122. The van der Waals surface area contributed by atoms with Crippen LogP contribution in [0.4, 0.5) is 32.0 Å². The molecule has 0 radical (unpaired) electrons. The number of amides is 1. The number of anilines is 1. The zero-order valence-corrected chi connectivity index (χ0v) is 19.5. The van der Waals surface area contributed by atoms with Crippen LogP contribution in [0.3, 0.4) is 0 Å². The Bertz CT molecular complexity index is 1220. The maximum Gasteiger partial charge on any atom is 0.416 e. The Labute approximate surface area is 203 Å². The van der Waals surface area contributed by atoms with Gasteiger partial charge in [-0.25, -0.2) is 13.2 Å². The summed E-state index contributed by atoms with van der Waals surface area (Å²) in [5.41, 5.74) is -8.38. The van der Waals surface area contributed by atoms with E-state index in [1.54, 1.807) is 6.07 Å². The molecule has 2 aromatic carbocycles. The first-order valence-electron chi connectivity index (χ1n) is 11.5. The van der Waals surface area contributed by atoms with E-state index in [-0.39, 0.29) is 30.6 Å². The van der Waals surface area contributed by atoms with Crippen molar-refractivity contribution in [2.24, 2.45) is 5.92 Å². The first kappa shape index (κ1) is 26.0. The largest absolute Gasteiger partial charge is 0.416 e. The lowest BCUT2D eigenvalue weighted by Crippen LogP contribution is -2.50. The summed E-state index contributed by atoms with van der Waals surface area (Å²) in [4.78, 5) is 16.6. The van der Waals surface area contributed by atoms with Gasteiger partial charge >= 0.3 is 6.18 Å².